The van der Waals surface area contributed by atoms with Crippen molar-refractivity contribution in [2.75, 3.05) is 20.2 Å². The molecule has 0 saturated heterocycles. The van der Waals surface area contributed by atoms with Gasteiger partial charge in [0.2, 0.25) is 0 Å². The van der Waals surface area contributed by atoms with Gasteiger partial charge in [0.05, 0.1) is 6.61 Å². The van der Waals surface area contributed by atoms with Crippen molar-refractivity contribution in [2.45, 2.75) is 78.2 Å². The summed E-state index contributed by atoms with van der Waals surface area (Å²) in [5, 5.41) is 0. The number of hydrogen-bond acceptors (Lipinski definition) is 3. The molecule has 0 bridgehead atoms. The minimum Gasteiger partial charge on any atom is -0.464 e. The van der Waals surface area contributed by atoms with E-state index in [1.165, 1.54) is 24.0 Å². The van der Waals surface area contributed by atoms with E-state index in [1.54, 1.807) is 0 Å². The molecule has 0 fully saturated rings. The SMILES string of the molecule is CCCCC(CC)COC(=O)C(C(CC)c1ccccc1)N(C)CC(C)Cc1ccccc1. The molecule has 3 nitrogen and oxygen atoms in total. The number of rotatable bonds is 15. The van der Waals surface area contributed by atoms with Crippen LogP contribution in [0, 0.1) is 11.8 Å². The van der Waals surface area contributed by atoms with Crippen LogP contribution >= 0.6 is 0 Å². The first-order valence-electron chi connectivity index (χ1n) is 13.0. The minimum absolute atomic E-state index is 0.0740. The van der Waals surface area contributed by atoms with Crippen molar-refractivity contribution in [3.63, 3.8) is 0 Å². The summed E-state index contributed by atoms with van der Waals surface area (Å²) in [6.45, 7) is 10.2. The molecule has 2 aromatic rings. The Morgan fingerprint density at radius 2 is 1.58 bits per heavy atom. The van der Waals surface area contributed by atoms with E-state index in [0.29, 0.717) is 18.4 Å². The molecule has 33 heavy (non-hydrogen) atoms. The first-order valence-corrected chi connectivity index (χ1v) is 13.0. The van der Waals surface area contributed by atoms with E-state index in [0.717, 1.165) is 32.2 Å². The number of ether oxygens (including phenoxy) is 1. The van der Waals surface area contributed by atoms with Gasteiger partial charge in [0.25, 0.3) is 0 Å². The first-order chi connectivity index (χ1) is 16.0. The van der Waals surface area contributed by atoms with Crippen LogP contribution in [-0.2, 0) is 16.0 Å². The fourth-order valence-electron chi connectivity index (χ4n) is 4.86. The lowest BCUT2D eigenvalue weighted by Gasteiger charge is -2.34. The summed E-state index contributed by atoms with van der Waals surface area (Å²) in [7, 11) is 2.09. The molecule has 0 aromatic heterocycles. The standard InChI is InChI=1S/C30H45NO2/c1-6-9-16-25(7-2)23-33-30(32)29(28(8-3)27-19-14-11-15-20-27)31(5)22-24(4)21-26-17-12-10-13-18-26/h10-15,17-20,24-25,28-29H,6-9,16,21-23H2,1-5H3. The van der Waals surface area contributed by atoms with Crippen LogP contribution in [0.3, 0.4) is 0 Å². The van der Waals surface area contributed by atoms with Gasteiger partial charge in [-0.05, 0) is 49.3 Å². The maximum atomic E-state index is 13.5. The smallest absolute Gasteiger partial charge is 0.323 e. The van der Waals surface area contributed by atoms with E-state index in [9.17, 15) is 4.79 Å². The van der Waals surface area contributed by atoms with Gasteiger partial charge < -0.3 is 4.74 Å². The van der Waals surface area contributed by atoms with Crippen molar-refractivity contribution in [3.8, 4) is 0 Å². The summed E-state index contributed by atoms with van der Waals surface area (Å²) in [5.74, 6) is 0.931. The molecule has 2 rings (SSSR count). The van der Waals surface area contributed by atoms with Gasteiger partial charge in [-0.2, -0.15) is 0 Å². The van der Waals surface area contributed by atoms with Gasteiger partial charge in [0.15, 0.2) is 0 Å². The number of esters is 1. The van der Waals surface area contributed by atoms with Crippen LogP contribution in [0.2, 0.25) is 0 Å². The number of nitrogens with zero attached hydrogens (tertiary/aromatic N) is 1. The van der Waals surface area contributed by atoms with Crippen LogP contribution < -0.4 is 0 Å². The molecule has 0 spiro atoms. The van der Waals surface area contributed by atoms with Gasteiger partial charge >= 0.3 is 5.97 Å². The van der Waals surface area contributed by atoms with Crippen molar-refractivity contribution in [1.29, 1.82) is 0 Å². The molecular weight excluding hydrogens is 406 g/mol. The quantitative estimate of drug-likeness (QED) is 0.270. The topological polar surface area (TPSA) is 29.5 Å². The van der Waals surface area contributed by atoms with Gasteiger partial charge in [0.1, 0.15) is 6.04 Å². The van der Waals surface area contributed by atoms with Crippen LogP contribution in [0.4, 0.5) is 0 Å². The fraction of sp³-hybridized carbons (Fsp3) is 0.567. The molecule has 4 unspecified atom stereocenters. The second-order valence-electron chi connectivity index (χ2n) is 9.65. The summed E-state index contributed by atoms with van der Waals surface area (Å²) < 4.78 is 6.00. The lowest BCUT2D eigenvalue weighted by Crippen LogP contribution is -2.46. The maximum absolute atomic E-state index is 13.5. The Morgan fingerprint density at radius 1 is 0.939 bits per heavy atom. The predicted octanol–water partition coefficient (Wildman–Crippen LogP) is 7.12. The van der Waals surface area contributed by atoms with Crippen LogP contribution in [0.1, 0.15) is 76.8 Å². The molecule has 0 aliphatic rings. The Hall–Kier alpha value is -2.13. The highest BCUT2D eigenvalue weighted by molar-refractivity contribution is 5.77. The molecule has 0 saturated carbocycles. The average molecular weight is 452 g/mol. The second-order valence-corrected chi connectivity index (χ2v) is 9.65. The summed E-state index contributed by atoms with van der Waals surface area (Å²) in [6, 6.07) is 20.8. The highest BCUT2D eigenvalue weighted by Crippen LogP contribution is 2.28. The van der Waals surface area contributed by atoms with E-state index in [4.69, 9.17) is 4.74 Å². The van der Waals surface area contributed by atoms with Gasteiger partial charge in [-0.15, -0.1) is 0 Å². The van der Waals surface area contributed by atoms with Crippen LogP contribution in [0.5, 0.6) is 0 Å². The number of likely N-dealkylation sites (N-methyl/N-ethyl adjacent to an activating group) is 1. The second kappa shape index (κ2) is 14.9. The molecule has 0 radical (unpaired) electrons. The van der Waals surface area contributed by atoms with E-state index < -0.39 is 0 Å². The van der Waals surface area contributed by atoms with E-state index in [2.05, 4.69) is 94.2 Å². The zero-order valence-electron chi connectivity index (χ0n) is 21.5. The molecule has 2 aromatic carbocycles. The van der Waals surface area contributed by atoms with Crippen LogP contribution in [-0.4, -0.2) is 37.1 Å². The molecule has 0 N–H and O–H groups in total. The summed E-state index contributed by atoms with van der Waals surface area (Å²) >= 11 is 0. The van der Waals surface area contributed by atoms with Gasteiger partial charge in [-0.3, -0.25) is 9.69 Å². The zero-order chi connectivity index (χ0) is 24.1. The third-order valence-electron chi connectivity index (χ3n) is 6.80. The average Bonchev–Trinajstić information content (AvgIpc) is 2.83. The summed E-state index contributed by atoms with van der Waals surface area (Å²) in [6.07, 6.45) is 6.46. The Bertz CT molecular complexity index is 776. The highest BCUT2D eigenvalue weighted by Gasteiger charge is 2.34. The summed E-state index contributed by atoms with van der Waals surface area (Å²) in [5.41, 5.74) is 2.55. The minimum atomic E-state index is -0.278. The maximum Gasteiger partial charge on any atom is 0.323 e. The third-order valence-corrected chi connectivity index (χ3v) is 6.80. The Labute approximate surface area is 202 Å². The van der Waals surface area contributed by atoms with Crippen LogP contribution in [0.25, 0.3) is 0 Å². The zero-order valence-corrected chi connectivity index (χ0v) is 21.5. The number of carbonyl (C=O) groups is 1. The highest BCUT2D eigenvalue weighted by atomic mass is 16.5. The van der Waals surface area contributed by atoms with Crippen molar-refractivity contribution in [2.24, 2.45) is 11.8 Å². The molecule has 4 atom stereocenters. The third kappa shape index (κ3) is 8.97. The van der Waals surface area contributed by atoms with E-state index in [-0.39, 0.29) is 17.9 Å². The monoisotopic (exact) mass is 451 g/mol. The number of hydrogen-bond donors (Lipinski definition) is 0. The van der Waals surface area contributed by atoms with Crippen LogP contribution in [0.15, 0.2) is 60.7 Å². The molecule has 0 heterocycles. The Morgan fingerprint density at radius 3 is 2.15 bits per heavy atom. The normalized spacial score (nSPS) is 15.1. The number of benzene rings is 2. The van der Waals surface area contributed by atoms with Crippen molar-refractivity contribution in [3.05, 3.63) is 71.8 Å². The summed E-state index contributed by atoms with van der Waals surface area (Å²) in [4.78, 5) is 15.8. The van der Waals surface area contributed by atoms with Gasteiger partial charge in [-0.25, -0.2) is 0 Å². The molecule has 0 aliphatic carbocycles. The molecule has 0 amide bonds. The Kier molecular flexibility index (Phi) is 12.2. The molecule has 182 valence electrons. The van der Waals surface area contributed by atoms with E-state index in [1.807, 2.05) is 6.07 Å². The van der Waals surface area contributed by atoms with Crippen molar-refractivity contribution in [1.82, 2.24) is 4.90 Å². The van der Waals surface area contributed by atoms with Gasteiger partial charge in [-0.1, -0.05) is 108 Å². The van der Waals surface area contributed by atoms with Gasteiger partial charge in [0, 0.05) is 12.5 Å². The predicted molar refractivity (Wildman–Crippen MR) is 139 cm³/mol. The fourth-order valence-corrected chi connectivity index (χ4v) is 4.86. The lowest BCUT2D eigenvalue weighted by molar-refractivity contribution is -0.152. The lowest BCUT2D eigenvalue weighted by atomic mass is 9.87. The van der Waals surface area contributed by atoms with Crippen molar-refractivity contribution >= 4 is 5.97 Å². The molecule has 0 aliphatic heterocycles. The van der Waals surface area contributed by atoms with Crippen molar-refractivity contribution < 1.29 is 9.53 Å². The van der Waals surface area contributed by atoms with E-state index >= 15 is 0 Å². The number of unbranched alkanes of at least 4 members (excludes halogenated alkanes) is 1. The molecule has 3 heteroatoms. The largest absolute Gasteiger partial charge is 0.464 e. The number of carbonyl (C=O) groups excluding carboxylic acids is 1. The Balaban J connectivity index is 2.15. The molecular formula is C30H45NO2. The first kappa shape index (κ1) is 27.1.